The Labute approximate surface area is 121 Å². The summed E-state index contributed by atoms with van der Waals surface area (Å²) >= 11 is 0. The molecule has 2 unspecified atom stereocenters. The minimum absolute atomic E-state index is 0.285. The number of amides is 1. The van der Waals surface area contributed by atoms with Crippen molar-refractivity contribution < 1.29 is 4.79 Å². The van der Waals surface area contributed by atoms with Gasteiger partial charge in [-0.1, -0.05) is 18.2 Å². The van der Waals surface area contributed by atoms with Crippen LogP contribution in [0, 0.1) is 5.92 Å². The summed E-state index contributed by atoms with van der Waals surface area (Å²) in [5.74, 6) is 0.911. The van der Waals surface area contributed by atoms with E-state index in [9.17, 15) is 4.79 Å². The Morgan fingerprint density at radius 1 is 1.40 bits per heavy atom. The summed E-state index contributed by atoms with van der Waals surface area (Å²) in [5, 5.41) is 4.46. The van der Waals surface area contributed by atoms with E-state index >= 15 is 0 Å². The van der Waals surface area contributed by atoms with Crippen molar-refractivity contribution >= 4 is 11.6 Å². The molecule has 1 radical (unpaired) electrons. The van der Waals surface area contributed by atoms with Gasteiger partial charge in [0.25, 0.3) is 0 Å². The zero-order valence-corrected chi connectivity index (χ0v) is 12.2. The van der Waals surface area contributed by atoms with Gasteiger partial charge in [0.1, 0.15) is 0 Å². The lowest BCUT2D eigenvalue weighted by Gasteiger charge is -2.25. The average Bonchev–Trinajstić information content (AvgIpc) is 2.82. The molecule has 0 spiro atoms. The van der Waals surface area contributed by atoms with Crippen molar-refractivity contribution in [2.24, 2.45) is 5.92 Å². The topological polar surface area (TPSA) is 34.4 Å². The van der Waals surface area contributed by atoms with E-state index in [2.05, 4.69) is 30.4 Å². The number of fused-ring (bicyclic) bond motifs is 1. The van der Waals surface area contributed by atoms with Crippen molar-refractivity contribution in [1.29, 1.82) is 0 Å². The second-order valence-corrected chi connectivity index (χ2v) is 6.12. The fourth-order valence-electron chi connectivity index (χ4n) is 3.49. The molecule has 1 saturated heterocycles. The standard InChI is InChI=1S/C17H23N2O/c1-13-11-15-6-2-3-7-16(15)19(13)17(20)9-8-14-5-4-10-18-12-14/h2-3,6-7,13-14H,4-5,8-12H2,1H3. The summed E-state index contributed by atoms with van der Waals surface area (Å²) in [6, 6.07) is 8.60. The summed E-state index contributed by atoms with van der Waals surface area (Å²) in [4.78, 5) is 14.6. The number of carbonyl (C=O) groups excluding carboxylic acids is 1. The Morgan fingerprint density at radius 2 is 2.25 bits per heavy atom. The molecule has 1 fully saturated rings. The van der Waals surface area contributed by atoms with Crippen molar-refractivity contribution in [2.45, 2.75) is 45.1 Å². The lowest BCUT2D eigenvalue weighted by atomic mass is 9.94. The first-order valence-corrected chi connectivity index (χ1v) is 7.79. The van der Waals surface area contributed by atoms with E-state index in [-0.39, 0.29) is 5.91 Å². The Kier molecular flexibility index (Phi) is 4.06. The molecule has 3 rings (SSSR count). The maximum absolute atomic E-state index is 12.6. The Bertz CT molecular complexity index is 480. The van der Waals surface area contributed by atoms with Crippen LogP contribution in [0.5, 0.6) is 0 Å². The average molecular weight is 271 g/mol. The smallest absolute Gasteiger partial charge is 0.227 e. The summed E-state index contributed by atoms with van der Waals surface area (Å²) in [6.07, 6.45) is 5.08. The van der Waals surface area contributed by atoms with Crippen LogP contribution in [-0.2, 0) is 11.2 Å². The Morgan fingerprint density at radius 3 is 3.05 bits per heavy atom. The molecular formula is C17H23N2O. The highest BCUT2D eigenvalue weighted by molar-refractivity contribution is 5.96. The van der Waals surface area contributed by atoms with Crippen molar-refractivity contribution in [1.82, 2.24) is 5.32 Å². The highest BCUT2D eigenvalue weighted by Gasteiger charge is 2.30. The number of hydrogen-bond acceptors (Lipinski definition) is 1. The Balaban J connectivity index is 1.62. The second kappa shape index (κ2) is 5.96. The molecule has 1 aromatic carbocycles. The minimum atomic E-state index is 0.285. The molecular weight excluding hydrogens is 248 g/mol. The van der Waals surface area contributed by atoms with Gasteiger partial charge in [0.15, 0.2) is 0 Å². The van der Waals surface area contributed by atoms with Crippen LogP contribution < -0.4 is 10.2 Å². The Hall–Kier alpha value is -1.35. The molecule has 0 saturated carbocycles. The zero-order chi connectivity index (χ0) is 13.9. The van der Waals surface area contributed by atoms with Crippen molar-refractivity contribution in [3.8, 4) is 0 Å². The van der Waals surface area contributed by atoms with E-state index in [1.807, 2.05) is 11.0 Å². The van der Waals surface area contributed by atoms with Gasteiger partial charge in [-0.2, -0.15) is 0 Å². The SMILES string of the molecule is CC1Cc2ccccc2N1C(=O)CCC1CCC[N]C1. The van der Waals surface area contributed by atoms with Gasteiger partial charge in [0, 0.05) is 31.2 Å². The number of hydrogen-bond donors (Lipinski definition) is 0. The maximum atomic E-state index is 12.6. The molecule has 0 aromatic heterocycles. The number of piperidine rings is 1. The van der Waals surface area contributed by atoms with Crippen LogP contribution in [0.25, 0.3) is 0 Å². The van der Waals surface area contributed by atoms with Gasteiger partial charge in [-0.3, -0.25) is 4.79 Å². The summed E-state index contributed by atoms with van der Waals surface area (Å²) in [6.45, 7) is 4.12. The largest absolute Gasteiger partial charge is 0.309 e. The third kappa shape index (κ3) is 2.73. The molecule has 2 aliphatic rings. The first-order chi connectivity index (χ1) is 9.75. The summed E-state index contributed by atoms with van der Waals surface area (Å²) in [5.41, 5.74) is 2.43. The molecule has 0 aliphatic carbocycles. The molecule has 1 aromatic rings. The normalized spacial score (nSPS) is 25.6. The van der Waals surface area contributed by atoms with E-state index in [1.165, 1.54) is 18.4 Å². The second-order valence-electron chi connectivity index (χ2n) is 6.12. The van der Waals surface area contributed by atoms with Crippen molar-refractivity contribution in [2.75, 3.05) is 18.0 Å². The first kappa shape index (κ1) is 13.6. The van der Waals surface area contributed by atoms with Gasteiger partial charge in [0.05, 0.1) is 0 Å². The lowest BCUT2D eigenvalue weighted by Crippen LogP contribution is -2.36. The molecule has 20 heavy (non-hydrogen) atoms. The van der Waals surface area contributed by atoms with Crippen LogP contribution in [0.4, 0.5) is 5.69 Å². The van der Waals surface area contributed by atoms with Gasteiger partial charge >= 0.3 is 0 Å². The summed E-state index contributed by atoms with van der Waals surface area (Å²) < 4.78 is 0. The number of para-hydroxylation sites is 1. The fraction of sp³-hybridized carbons (Fsp3) is 0.588. The van der Waals surface area contributed by atoms with Crippen LogP contribution in [0.3, 0.4) is 0 Å². The van der Waals surface area contributed by atoms with Gasteiger partial charge in [-0.25, -0.2) is 5.32 Å². The van der Waals surface area contributed by atoms with E-state index in [0.717, 1.165) is 31.6 Å². The molecule has 107 valence electrons. The number of carbonyl (C=O) groups is 1. The quantitative estimate of drug-likeness (QED) is 0.832. The van der Waals surface area contributed by atoms with Crippen LogP contribution in [0.1, 0.15) is 38.2 Å². The minimum Gasteiger partial charge on any atom is -0.309 e. The third-order valence-electron chi connectivity index (χ3n) is 4.56. The molecule has 2 heterocycles. The molecule has 1 amide bonds. The highest BCUT2D eigenvalue weighted by atomic mass is 16.2. The van der Waals surface area contributed by atoms with Gasteiger partial charge in [-0.05, 0) is 50.2 Å². The maximum Gasteiger partial charge on any atom is 0.227 e. The molecule has 0 N–H and O–H groups in total. The van der Waals surface area contributed by atoms with Gasteiger partial charge in [0.2, 0.25) is 5.91 Å². The zero-order valence-electron chi connectivity index (χ0n) is 12.2. The van der Waals surface area contributed by atoms with E-state index in [0.29, 0.717) is 18.4 Å². The van der Waals surface area contributed by atoms with Crippen molar-refractivity contribution in [3.05, 3.63) is 29.8 Å². The predicted molar refractivity (Wildman–Crippen MR) is 80.9 cm³/mol. The van der Waals surface area contributed by atoms with Crippen molar-refractivity contribution in [3.63, 3.8) is 0 Å². The van der Waals surface area contributed by atoms with Crippen LogP contribution >= 0.6 is 0 Å². The van der Waals surface area contributed by atoms with E-state index < -0.39 is 0 Å². The molecule has 0 bridgehead atoms. The van der Waals surface area contributed by atoms with E-state index in [1.54, 1.807) is 0 Å². The first-order valence-electron chi connectivity index (χ1n) is 7.79. The van der Waals surface area contributed by atoms with E-state index in [4.69, 9.17) is 0 Å². The number of nitrogens with zero attached hydrogens (tertiary/aromatic N) is 2. The van der Waals surface area contributed by atoms with Crippen LogP contribution in [-0.4, -0.2) is 25.0 Å². The number of rotatable bonds is 3. The number of anilines is 1. The number of benzene rings is 1. The van der Waals surface area contributed by atoms with Crippen LogP contribution in [0.2, 0.25) is 0 Å². The third-order valence-corrected chi connectivity index (χ3v) is 4.56. The fourth-order valence-corrected chi connectivity index (χ4v) is 3.49. The predicted octanol–water partition coefficient (Wildman–Crippen LogP) is 2.76. The van der Waals surface area contributed by atoms with Gasteiger partial charge in [-0.15, -0.1) is 0 Å². The van der Waals surface area contributed by atoms with Gasteiger partial charge < -0.3 is 4.90 Å². The summed E-state index contributed by atoms with van der Waals surface area (Å²) in [7, 11) is 0. The molecule has 3 heteroatoms. The molecule has 2 aliphatic heterocycles. The lowest BCUT2D eigenvalue weighted by molar-refractivity contribution is -0.119. The monoisotopic (exact) mass is 271 g/mol. The molecule has 2 atom stereocenters. The highest BCUT2D eigenvalue weighted by Crippen LogP contribution is 2.32. The van der Waals surface area contributed by atoms with Crippen LogP contribution in [0.15, 0.2) is 24.3 Å². The molecule has 3 nitrogen and oxygen atoms in total.